The van der Waals surface area contributed by atoms with E-state index >= 15 is 0 Å². The van der Waals surface area contributed by atoms with Gasteiger partial charge in [-0.3, -0.25) is 14.5 Å². The number of amides is 2. The topological polar surface area (TPSA) is 72.9 Å². The smallest absolute Gasteiger partial charge is 0.343 e. The van der Waals surface area contributed by atoms with Gasteiger partial charge in [-0.1, -0.05) is 41.4 Å². The summed E-state index contributed by atoms with van der Waals surface area (Å²) >= 11 is 8.81. The molecule has 3 aromatic rings. The Bertz CT molecular complexity index is 1340. The summed E-state index contributed by atoms with van der Waals surface area (Å²) in [5.41, 5.74) is 2.97. The van der Waals surface area contributed by atoms with E-state index in [9.17, 15) is 14.4 Å². The summed E-state index contributed by atoms with van der Waals surface area (Å²) < 4.78 is 11.6. The van der Waals surface area contributed by atoms with Gasteiger partial charge in [-0.25, -0.2) is 4.79 Å². The second-order valence-corrected chi connectivity index (χ2v) is 10.3. The van der Waals surface area contributed by atoms with E-state index in [1.165, 1.54) is 12.0 Å². The molecule has 0 radical (unpaired) electrons. The van der Waals surface area contributed by atoms with Crippen molar-refractivity contribution in [1.82, 2.24) is 4.90 Å². The maximum atomic E-state index is 12.9. The quantitative estimate of drug-likeness (QED) is 0.132. The van der Waals surface area contributed by atoms with Crippen molar-refractivity contribution < 1.29 is 23.9 Å². The lowest BCUT2D eigenvalue weighted by atomic mass is 10.1. The van der Waals surface area contributed by atoms with Crippen LogP contribution < -0.4 is 9.47 Å². The number of rotatable bonds is 6. The molecule has 1 aliphatic heterocycles. The molecule has 3 aromatic carbocycles. The molecular weight excluding hydrogens is 601 g/mol. The Morgan fingerprint density at radius 2 is 1.77 bits per heavy atom. The summed E-state index contributed by atoms with van der Waals surface area (Å²) in [6.45, 7) is 2.19. The normalized spacial score (nSPS) is 14.5. The van der Waals surface area contributed by atoms with Gasteiger partial charge in [-0.15, -0.1) is 0 Å². The second-order valence-electron chi connectivity index (χ2n) is 7.68. The number of carbonyl (C=O) groups is 3. The molecule has 1 fully saturated rings. The van der Waals surface area contributed by atoms with Crippen molar-refractivity contribution >= 4 is 69.1 Å². The second kappa shape index (κ2) is 10.8. The molecule has 1 saturated heterocycles. The molecule has 0 spiro atoms. The van der Waals surface area contributed by atoms with Gasteiger partial charge in [-0.05, 0) is 94.9 Å². The predicted molar refractivity (Wildman–Crippen MR) is 145 cm³/mol. The Morgan fingerprint density at radius 1 is 1.09 bits per heavy atom. The Hall–Kier alpha value is -2.82. The van der Waals surface area contributed by atoms with E-state index in [0.29, 0.717) is 30.4 Å². The lowest BCUT2D eigenvalue weighted by molar-refractivity contribution is -0.123. The average molecular weight is 620 g/mol. The highest BCUT2D eigenvalue weighted by atomic mass is 127. The highest BCUT2D eigenvalue weighted by Gasteiger charge is 2.35. The Balaban J connectivity index is 1.55. The minimum absolute atomic E-state index is 0.211. The van der Waals surface area contributed by atoms with Gasteiger partial charge in [0.15, 0.2) is 11.5 Å². The predicted octanol–water partition coefficient (Wildman–Crippen LogP) is 6.72. The Labute approximate surface area is 225 Å². The molecule has 0 bridgehead atoms. The third kappa shape index (κ3) is 5.88. The van der Waals surface area contributed by atoms with Crippen LogP contribution in [0.2, 0.25) is 5.02 Å². The van der Waals surface area contributed by atoms with Gasteiger partial charge < -0.3 is 9.47 Å². The molecule has 9 heteroatoms. The van der Waals surface area contributed by atoms with E-state index in [0.717, 1.165) is 22.9 Å². The number of halogens is 2. The molecule has 178 valence electrons. The number of hydrogen-bond acceptors (Lipinski definition) is 6. The van der Waals surface area contributed by atoms with Crippen LogP contribution in [0.4, 0.5) is 4.79 Å². The first-order valence-electron chi connectivity index (χ1n) is 10.4. The van der Waals surface area contributed by atoms with Crippen LogP contribution in [0.1, 0.15) is 27.0 Å². The molecule has 1 aliphatic rings. The molecule has 0 atom stereocenters. The summed E-state index contributed by atoms with van der Waals surface area (Å²) in [6.07, 6.45) is 1.63. The van der Waals surface area contributed by atoms with E-state index < -0.39 is 5.97 Å². The fraction of sp³-hybridized carbons (Fsp3) is 0.115. The van der Waals surface area contributed by atoms with Crippen molar-refractivity contribution in [3.63, 3.8) is 0 Å². The number of carbonyl (C=O) groups excluding carboxylic acids is 3. The fourth-order valence-electron chi connectivity index (χ4n) is 3.32. The number of nitrogens with zero attached hydrogens (tertiary/aromatic N) is 1. The van der Waals surface area contributed by atoms with Crippen LogP contribution in [0.3, 0.4) is 0 Å². The molecular formula is C26H19ClINO5S. The minimum atomic E-state index is -0.553. The third-order valence-electron chi connectivity index (χ3n) is 5.16. The molecule has 0 aliphatic carbocycles. The SMILES string of the molecule is COc1cc(/C=C2\SC(=O)N(Cc3ccc(C)cc3)C2=O)cc(I)c1OC(=O)c1ccc(Cl)cc1. The van der Waals surface area contributed by atoms with Crippen molar-refractivity contribution in [3.05, 3.63) is 96.4 Å². The molecule has 0 aromatic heterocycles. The summed E-state index contributed by atoms with van der Waals surface area (Å²) in [5.74, 6) is -0.322. The third-order valence-corrected chi connectivity index (χ3v) is 7.12. The van der Waals surface area contributed by atoms with Gasteiger partial charge in [0.25, 0.3) is 11.1 Å². The molecule has 0 N–H and O–H groups in total. The number of aryl methyl sites for hydroxylation is 1. The number of imide groups is 1. The van der Waals surface area contributed by atoms with E-state index in [1.54, 1.807) is 42.5 Å². The van der Waals surface area contributed by atoms with Crippen LogP contribution in [0, 0.1) is 10.5 Å². The monoisotopic (exact) mass is 619 g/mol. The van der Waals surface area contributed by atoms with Gasteiger partial charge in [0.2, 0.25) is 0 Å². The van der Waals surface area contributed by atoms with Gasteiger partial charge in [0.05, 0.1) is 27.7 Å². The summed E-state index contributed by atoms with van der Waals surface area (Å²) in [4.78, 5) is 39.5. The standard InChI is InChI=1S/C26H19ClINO5S/c1-15-3-5-16(6-4-15)14-29-24(30)22(35-26(29)32)13-17-11-20(28)23(21(12-17)33-2)34-25(31)18-7-9-19(27)10-8-18/h3-13H,14H2,1-2H3/b22-13-. The van der Waals surface area contributed by atoms with Crippen molar-refractivity contribution in [2.45, 2.75) is 13.5 Å². The first-order valence-corrected chi connectivity index (χ1v) is 12.7. The van der Waals surface area contributed by atoms with Crippen LogP contribution in [-0.2, 0) is 11.3 Å². The first-order chi connectivity index (χ1) is 16.7. The summed E-state index contributed by atoms with van der Waals surface area (Å²) in [5, 5.41) is 0.193. The van der Waals surface area contributed by atoms with Crippen LogP contribution in [0.15, 0.2) is 65.6 Å². The van der Waals surface area contributed by atoms with E-state index in [1.807, 2.05) is 53.8 Å². The van der Waals surface area contributed by atoms with E-state index in [-0.39, 0.29) is 23.4 Å². The molecule has 35 heavy (non-hydrogen) atoms. The van der Waals surface area contributed by atoms with E-state index in [4.69, 9.17) is 21.1 Å². The van der Waals surface area contributed by atoms with Gasteiger partial charge >= 0.3 is 5.97 Å². The zero-order valence-corrected chi connectivity index (χ0v) is 22.4. The zero-order valence-electron chi connectivity index (χ0n) is 18.7. The highest BCUT2D eigenvalue weighted by Crippen LogP contribution is 2.38. The fourth-order valence-corrected chi connectivity index (χ4v) is 5.02. The van der Waals surface area contributed by atoms with Gasteiger partial charge in [0, 0.05) is 5.02 Å². The molecule has 0 unspecified atom stereocenters. The average Bonchev–Trinajstić information content (AvgIpc) is 3.09. The van der Waals surface area contributed by atoms with Crippen molar-refractivity contribution in [2.75, 3.05) is 7.11 Å². The Morgan fingerprint density at radius 3 is 2.43 bits per heavy atom. The maximum absolute atomic E-state index is 12.9. The van der Waals surface area contributed by atoms with Crippen molar-refractivity contribution in [3.8, 4) is 11.5 Å². The van der Waals surface area contributed by atoms with Crippen LogP contribution in [0.5, 0.6) is 11.5 Å². The van der Waals surface area contributed by atoms with Crippen molar-refractivity contribution in [2.24, 2.45) is 0 Å². The van der Waals surface area contributed by atoms with E-state index in [2.05, 4.69) is 0 Å². The first kappa shape index (κ1) is 25.3. The van der Waals surface area contributed by atoms with Crippen LogP contribution in [-0.4, -0.2) is 29.1 Å². The number of thioether (sulfide) groups is 1. The molecule has 0 saturated carbocycles. The van der Waals surface area contributed by atoms with Gasteiger partial charge in [0.1, 0.15) is 0 Å². The molecule has 1 heterocycles. The van der Waals surface area contributed by atoms with Crippen molar-refractivity contribution in [1.29, 1.82) is 0 Å². The highest BCUT2D eigenvalue weighted by molar-refractivity contribution is 14.1. The summed E-state index contributed by atoms with van der Waals surface area (Å²) in [7, 11) is 1.46. The number of benzene rings is 3. The van der Waals surface area contributed by atoms with Gasteiger partial charge in [-0.2, -0.15) is 0 Å². The van der Waals surface area contributed by atoms with Crippen LogP contribution in [0.25, 0.3) is 6.08 Å². The minimum Gasteiger partial charge on any atom is -0.493 e. The number of ether oxygens (including phenoxy) is 2. The number of hydrogen-bond donors (Lipinski definition) is 0. The summed E-state index contributed by atoms with van der Waals surface area (Å²) in [6, 6.07) is 17.5. The zero-order chi connectivity index (χ0) is 25.1. The molecule has 4 rings (SSSR count). The number of methoxy groups -OCH3 is 1. The Kier molecular flexibility index (Phi) is 7.83. The lowest BCUT2D eigenvalue weighted by Crippen LogP contribution is -2.27. The maximum Gasteiger partial charge on any atom is 0.343 e. The molecule has 6 nitrogen and oxygen atoms in total. The molecule has 2 amide bonds. The van der Waals surface area contributed by atoms with Crippen LogP contribution >= 0.6 is 46.0 Å². The lowest BCUT2D eigenvalue weighted by Gasteiger charge is -2.13. The number of esters is 1. The largest absolute Gasteiger partial charge is 0.493 e.